The minimum atomic E-state index is -0.0621. The van der Waals surface area contributed by atoms with Crippen LogP contribution in [0.15, 0.2) is 79.0 Å². The van der Waals surface area contributed by atoms with Crippen molar-refractivity contribution < 1.29 is 4.79 Å². The van der Waals surface area contributed by atoms with Crippen LogP contribution in [0.3, 0.4) is 0 Å². The number of halogens is 1. The molecule has 0 radical (unpaired) electrons. The number of nitrogens with zero attached hydrogens (tertiary/aromatic N) is 2. The first kappa shape index (κ1) is 20.2. The lowest BCUT2D eigenvalue weighted by Crippen LogP contribution is -2.32. The molecule has 0 aliphatic rings. The van der Waals surface area contributed by atoms with E-state index in [1.807, 2.05) is 78.5 Å². The Bertz CT molecular complexity index is 1150. The number of nitrogens with one attached hydrogen (secondary N) is 1. The maximum Gasteiger partial charge on any atom is 0.251 e. The Morgan fingerprint density at radius 3 is 2.63 bits per heavy atom. The van der Waals surface area contributed by atoms with Gasteiger partial charge in [-0.15, -0.1) is 0 Å². The van der Waals surface area contributed by atoms with E-state index < -0.39 is 0 Å². The third-order valence-corrected chi connectivity index (χ3v) is 5.45. The Hall–Kier alpha value is -3.11. The standard InChI is InChI=1S/C25H24ClN3O/c1-18(10-11-19-6-3-2-4-7-19)28-25(30)21-12-13-22-16-27-29(24(22)15-21)17-20-8-5-9-23(26)14-20/h2-9,12-16,18H,10-11,17H2,1H3,(H,28,30)/t18-/m1/s1. The lowest BCUT2D eigenvalue weighted by Gasteiger charge is -2.14. The van der Waals surface area contributed by atoms with E-state index in [-0.39, 0.29) is 11.9 Å². The number of benzene rings is 3. The van der Waals surface area contributed by atoms with Gasteiger partial charge in [0.15, 0.2) is 0 Å². The fourth-order valence-corrected chi connectivity index (χ4v) is 3.77. The third kappa shape index (κ3) is 4.89. The first-order chi connectivity index (χ1) is 14.6. The lowest BCUT2D eigenvalue weighted by molar-refractivity contribution is 0.0938. The molecule has 1 amide bonds. The predicted octanol–water partition coefficient (Wildman–Crippen LogP) is 5.49. The monoisotopic (exact) mass is 417 g/mol. The molecule has 4 aromatic rings. The topological polar surface area (TPSA) is 46.9 Å². The number of aryl methyl sites for hydroxylation is 1. The van der Waals surface area contributed by atoms with E-state index >= 15 is 0 Å². The second kappa shape index (κ2) is 9.14. The van der Waals surface area contributed by atoms with Gasteiger partial charge in [0, 0.05) is 22.0 Å². The number of carbonyl (C=O) groups excluding carboxylic acids is 1. The summed E-state index contributed by atoms with van der Waals surface area (Å²) in [5.74, 6) is -0.0621. The normalized spacial score (nSPS) is 12.1. The summed E-state index contributed by atoms with van der Waals surface area (Å²) in [6.07, 6.45) is 3.66. The van der Waals surface area contributed by atoms with E-state index in [4.69, 9.17) is 11.6 Å². The first-order valence-corrected chi connectivity index (χ1v) is 10.5. The summed E-state index contributed by atoms with van der Waals surface area (Å²) in [4.78, 5) is 12.8. The van der Waals surface area contributed by atoms with Crippen molar-refractivity contribution in [2.75, 3.05) is 0 Å². The minimum Gasteiger partial charge on any atom is -0.350 e. The summed E-state index contributed by atoms with van der Waals surface area (Å²) in [6.45, 7) is 2.64. The number of rotatable bonds is 7. The van der Waals surface area contributed by atoms with Crippen LogP contribution < -0.4 is 5.32 Å². The van der Waals surface area contributed by atoms with Crippen molar-refractivity contribution in [2.24, 2.45) is 0 Å². The summed E-state index contributed by atoms with van der Waals surface area (Å²) in [5, 5.41) is 9.31. The van der Waals surface area contributed by atoms with Gasteiger partial charge in [-0.05, 0) is 55.2 Å². The van der Waals surface area contributed by atoms with Crippen LogP contribution in [-0.4, -0.2) is 21.7 Å². The lowest BCUT2D eigenvalue weighted by atomic mass is 10.1. The molecule has 0 saturated carbocycles. The molecule has 1 aromatic heterocycles. The molecule has 0 fully saturated rings. The van der Waals surface area contributed by atoms with Crippen molar-refractivity contribution >= 4 is 28.4 Å². The highest BCUT2D eigenvalue weighted by Crippen LogP contribution is 2.19. The molecule has 5 heteroatoms. The van der Waals surface area contributed by atoms with Gasteiger partial charge in [0.2, 0.25) is 0 Å². The average molecular weight is 418 g/mol. The Balaban J connectivity index is 1.45. The summed E-state index contributed by atoms with van der Waals surface area (Å²) in [6, 6.07) is 23.9. The van der Waals surface area contributed by atoms with Crippen LogP contribution in [0.25, 0.3) is 10.9 Å². The van der Waals surface area contributed by atoms with Crippen LogP contribution in [0, 0.1) is 0 Å². The molecule has 4 nitrogen and oxygen atoms in total. The molecule has 0 bridgehead atoms. The van der Waals surface area contributed by atoms with E-state index in [1.54, 1.807) is 0 Å². The van der Waals surface area contributed by atoms with Crippen LogP contribution in [0.5, 0.6) is 0 Å². The van der Waals surface area contributed by atoms with E-state index in [1.165, 1.54) is 5.56 Å². The molecule has 0 saturated heterocycles. The number of hydrogen-bond acceptors (Lipinski definition) is 2. The van der Waals surface area contributed by atoms with Crippen LogP contribution in [-0.2, 0) is 13.0 Å². The number of carbonyl (C=O) groups is 1. The minimum absolute atomic E-state index is 0.0621. The number of fused-ring (bicyclic) bond motifs is 1. The summed E-state index contributed by atoms with van der Waals surface area (Å²) in [5.41, 5.74) is 3.92. The van der Waals surface area contributed by atoms with Crippen molar-refractivity contribution in [2.45, 2.75) is 32.4 Å². The highest BCUT2D eigenvalue weighted by molar-refractivity contribution is 6.30. The third-order valence-electron chi connectivity index (χ3n) is 5.21. The molecule has 0 aliphatic heterocycles. The average Bonchev–Trinajstić information content (AvgIpc) is 3.15. The summed E-state index contributed by atoms with van der Waals surface area (Å²) >= 11 is 6.10. The number of aromatic nitrogens is 2. The molecule has 1 atom stereocenters. The fourth-order valence-electron chi connectivity index (χ4n) is 3.55. The smallest absolute Gasteiger partial charge is 0.251 e. The fraction of sp³-hybridized carbons (Fsp3) is 0.200. The van der Waals surface area contributed by atoms with Crippen LogP contribution in [0.1, 0.15) is 34.8 Å². The van der Waals surface area contributed by atoms with Crippen LogP contribution >= 0.6 is 11.6 Å². The van der Waals surface area contributed by atoms with E-state index in [2.05, 4.69) is 22.5 Å². The molecule has 1 N–H and O–H groups in total. The quantitative estimate of drug-likeness (QED) is 0.432. The van der Waals surface area contributed by atoms with E-state index in [0.717, 1.165) is 29.3 Å². The summed E-state index contributed by atoms with van der Waals surface area (Å²) < 4.78 is 1.90. The highest BCUT2D eigenvalue weighted by atomic mass is 35.5. The van der Waals surface area contributed by atoms with Gasteiger partial charge in [0.1, 0.15) is 0 Å². The maximum absolute atomic E-state index is 12.8. The second-order valence-corrected chi connectivity index (χ2v) is 8.04. The van der Waals surface area contributed by atoms with Crippen LogP contribution in [0.2, 0.25) is 5.02 Å². The zero-order valence-corrected chi connectivity index (χ0v) is 17.6. The molecule has 4 rings (SSSR count). The van der Waals surface area contributed by atoms with Crippen molar-refractivity contribution in [3.63, 3.8) is 0 Å². The SMILES string of the molecule is C[C@H](CCc1ccccc1)NC(=O)c1ccc2cnn(Cc3cccc(Cl)c3)c2c1. The molecular weight excluding hydrogens is 394 g/mol. The molecular formula is C25H24ClN3O. The molecule has 0 aliphatic carbocycles. The van der Waals surface area contributed by atoms with Gasteiger partial charge in [0.25, 0.3) is 5.91 Å². The zero-order chi connectivity index (χ0) is 20.9. The Kier molecular flexibility index (Phi) is 6.15. The van der Waals surface area contributed by atoms with Gasteiger partial charge < -0.3 is 5.32 Å². The second-order valence-electron chi connectivity index (χ2n) is 7.60. The first-order valence-electron chi connectivity index (χ1n) is 10.1. The molecule has 0 unspecified atom stereocenters. The number of hydrogen-bond donors (Lipinski definition) is 1. The van der Waals surface area contributed by atoms with Gasteiger partial charge in [0.05, 0.1) is 18.3 Å². The Morgan fingerprint density at radius 2 is 1.83 bits per heavy atom. The zero-order valence-electron chi connectivity index (χ0n) is 16.9. The van der Waals surface area contributed by atoms with Crippen LogP contribution in [0.4, 0.5) is 0 Å². The molecule has 3 aromatic carbocycles. The van der Waals surface area contributed by atoms with E-state index in [0.29, 0.717) is 17.1 Å². The highest BCUT2D eigenvalue weighted by Gasteiger charge is 2.12. The summed E-state index contributed by atoms with van der Waals surface area (Å²) in [7, 11) is 0. The molecule has 1 heterocycles. The molecule has 152 valence electrons. The van der Waals surface area contributed by atoms with Gasteiger partial charge in [-0.1, -0.05) is 60.1 Å². The van der Waals surface area contributed by atoms with Gasteiger partial charge >= 0.3 is 0 Å². The van der Waals surface area contributed by atoms with Crippen molar-refractivity contribution in [1.82, 2.24) is 15.1 Å². The largest absolute Gasteiger partial charge is 0.350 e. The molecule has 0 spiro atoms. The predicted molar refractivity (Wildman–Crippen MR) is 122 cm³/mol. The van der Waals surface area contributed by atoms with Gasteiger partial charge in [-0.2, -0.15) is 5.10 Å². The van der Waals surface area contributed by atoms with Gasteiger partial charge in [-0.3, -0.25) is 9.48 Å². The number of amides is 1. The van der Waals surface area contributed by atoms with Crippen molar-refractivity contribution in [3.8, 4) is 0 Å². The van der Waals surface area contributed by atoms with Gasteiger partial charge in [-0.25, -0.2) is 0 Å². The Morgan fingerprint density at radius 1 is 1.03 bits per heavy atom. The van der Waals surface area contributed by atoms with Crippen molar-refractivity contribution in [3.05, 3.63) is 101 Å². The maximum atomic E-state index is 12.8. The van der Waals surface area contributed by atoms with E-state index in [9.17, 15) is 4.79 Å². The molecule has 30 heavy (non-hydrogen) atoms. The Labute approximate surface area is 181 Å². The van der Waals surface area contributed by atoms with Crippen molar-refractivity contribution in [1.29, 1.82) is 0 Å².